The Hall–Kier alpha value is -1.34. The van der Waals surface area contributed by atoms with Crippen LogP contribution in [0.15, 0.2) is 0 Å². The van der Waals surface area contributed by atoms with Crippen LogP contribution in [0.2, 0.25) is 0 Å². The van der Waals surface area contributed by atoms with Gasteiger partial charge in [-0.2, -0.15) is 0 Å². The van der Waals surface area contributed by atoms with Gasteiger partial charge in [-0.1, -0.05) is 13.8 Å². The monoisotopic (exact) mass is 302 g/mol. The molecule has 0 aromatic rings. The summed E-state index contributed by atoms with van der Waals surface area (Å²) in [6.07, 6.45) is -2.11. The number of carbonyl (C=O) groups is 2. The molecule has 0 aromatic carbocycles. The number of hydrogen-bond acceptors (Lipinski definition) is 6. The van der Waals surface area contributed by atoms with Crippen molar-refractivity contribution >= 4 is 12.1 Å². The van der Waals surface area contributed by atoms with Crippen LogP contribution in [0.5, 0.6) is 0 Å². The minimum atomic E-state index is -0.927. The smallest absolute Gasteiger partial charge is 0.435 e. The van der Waals surface area contributed by atoms with Gasteiger partial charge in [0.2, 0.25) is 5.91 Å². The second kappa shape index (κ2) is 7.61. The van der Waals surface area contributed by atoms with E-state index in [9.17, 15) is 14.7 Å². The molecule has 1 fully saturated rings. The van der Waals surface area contributed by atoms with Crippen molar-refractivity contribution in [1.29, 1.82) is 0 Å². The van der Waals surface area contributed by atoms with Crippen molar-refractivity contribution in [2.45, 2.75) is 58.4 Å². The second-order valence-electron chi connectivity index (χ2n) is 5.78. The molecule has 21 heavy (non-hydrogen) atoms. The average Bonchev–Trinajstić information content (AvgIpc) is 2.61. The lowest BCUT2D eigenvalue weighted by molar-refractivity contribution is -0.121. The lowest BCUT2D eigenvalue weighted by Gasteiger charge is -2.32. The molecule has 1 saturated carbocycles. The van der Waals surface area contributed by atoms with Crippen LogP contribution >= 0.6 is 0 Å². The van der Waals surface area contributed by atoms with Crippen LogP contribution in [0.4, 0.5) is 4.79 Å². The molecule has 0 saturated heterocycles. The van der Waals surface area contributed by atoms with E-state index in [1.807, 2.05) is 13.8 Å². The van der Waals surface area contributed by atoms with Crippen LogP contribution in [-0.4, -0.2) is 48.1 Å². The fourth-order valence-electron chi connectivity index (χ4n) is 2.88. The molecule has 122 valence electrons. The van der Waals surface area contributed by atoms with Crippen LogP contribution in [0.25, 0.3) is 0 Å². The van der Waals surface area contributed by atoms with E-state index in [1.165, 1.54) is 6.92 Å². The number of ether oxygens (including phenoxy) is 2. The number of amides is 1. The Morgan fingerprint density at radius 3 is 2.52 bits per heavy atom. The summed E-state index contributed by atoms with van der Waals surface area (Å²) in [4.78, 5) is 22.7. The number of nitrogens with two attached hydrogens (primary N) is 1. The van der Waals surface area contributed by atoms with Crippen molar-refractivity contribution in [3.8, 4) is 0 Å². The highest BCUT2D eigenvalue weighted by Gasteiger charge is 2.47. The van der Waals surface area contributed by atoms with Gasteiger partial charge in [-0.25, -0.2) is 4.79 Å². The van der Waals surface area contributed by atoms with Crippen molar-refractivity contribution in [2.75, 3.05) is 6.61 Å². The van der Waals surface area contributed by atoms with Crippen molar-refractivity contribution in [1.82, 2.24) is 5.32 Å². The molecule has 1 aliphatic rings. The molecule has 0 bridgehead atoms. The number of rotatable bonds is 5. The highest BCUT2D eigenvalue weighted by molar-refractivity contribution is 5.73. The van der Waals surface area contributed by atoms with E-state index in [-0.39, 0.29) is 36.4 Å². The normalized spacial score (nSPS) is 30.0. The van der Waals surface area contributed by atoms with E-state index in [1.54, 1.807) is 6.92 Å². The third-order valence-corrected chi connectivity index (χ3v) is 3.79. The first-order chi connectivity index (χ1) is 9.77. The third kappa shape index (κ3) is 4.57. The van der Waals surface area contributed by atoms with Gasteiger partial charge in [0, 0.05) is 31.3 Å². The molecule has 1 amide bonds. The molecule has 7 heteroatoms. The van der Waals surface area contributed by atoms with E-state index in [4.69, 9.17) is 15.2 Å². The summed E-state index contributed by atoms with van der Waals surface area (Å²) in [7, 11) is 0. The SMILES string of the molecule is CCOC(=O)O[C@@H]1C[C@@H](N)[C@@H](C(NC(C)=O)C(C)C)[C@H]1O. The van der Waals surface area contributed by atoms with Crippen molar-refractivity contribution in [3.05, 3.63) is 0 Å². The van der Waals surface area contributed by atoms with Gasteiger partial charge in [0.1, 0.15) is 6.10 Å². The minimum absolute atomic E-state index is 0.0981. The van der Waals surface area contributed by atoms with Gasteiger partial charge >= 0.3 is 6.16 Å². The van der Waals surface area contributed by atoms with Crippen LogP contribution in [0.1, 0.15) is 34.1 Å². The predicted octanol–water partition coefficient (Wildman–Crippen LogP) is 0.397. The van der Waals surface area contributed by atoms with Gasteiger partial charge in [-0.3, -0.25) is 4.79 Å². The first-order valence-corrected chi connectivity index (χ1v) is 7.32. The Labute approximate surface area is 125 Å². The summed E-state index contributed by atoms with van der Waals surface area (Å²) in [5.74, 6) is -0.447. The second-order valence-corrected chi connectivity index (χ2v) is 5.78. The van der Waals surface area contributed by atoms with Gasteiger partial charge in [-0.15, -0.1) is 0 Å². The van der Waals surface area contributed by atoms with Crippen LogP contribution in [-0.2, 0) is 14.3 Å². The van der Waals surface area contributed by atoms with Crippen LogP contribution in [0.3, 0.4) is 0 Å². The predicted molar refractivity (Wildman–Crippen MR) is 76.4 cm³/mol. The Kier molecular flexibility index (Phi) is 6.42. The first kappa shape index (κ1) is 17.7. The molecule has 0 radical (unpaired) electrons. The lowest BCUT2D eigenvalue weighted by atomic mass is 9.85. The van der Waals surface area contributed by atoms with E-state index >= 15 is 0 Å². The number of hydrogen-bond donors (Lipinski definition) is 3. The van der Waals surface area contributed by atoms with Gasteiger partial charge in [-0.05, 0) is 12.8 Å². The van der Waals surface area contributed by atoms with Crippen LogP contribution in [0, 0.1) is 11.8 Å². The number of aliphatic hydroxyl groups excluding tert-OH is 1. The van der Waals surface area contributed by atoms with E-state index in [2.05, 4.69) is 5.32 Å². The molecule has 0 aliphatic heterocycles. The zero-order valence-corrected chi connectivity index (χ0v) is 13.0. The summed E-state index contributed by atoms with van der Waals surface area (Å²) >= 11 is 0. The summed E-state index contributed by atoms with van der Waals surface area (Å²) in [6, 6.07) is -0.637. The molecule has 0 heterocycles. The Morgan fingerprint density at radius 2 is 2.05 bits per heavy atom. The molecular formula is C14H26N2O5. The Bertz CT molecular complexity index is 374. The fraction of sp³-hybridized carbons (Fsp3) is 0.857. The molecule has 0 spiro atoms. The van der Waals surface area contributed by atoms with Crippen LogP contribution < -0.4 is 11.1 Å². The maximum absolute atomic E-state index is 11.4. The van der Waals surface area contributed by atoms with Crippen molar-refractivity contribution in [2.24, 2.45) is 17.6 Å². The highest BCUT2D eigenvalue weighted by Crippen LogP contribution is 2.33. The van der Waals surface area contributed by atoms with Crippen molar-refractivity contribution in [3.63, 3.8) is 0 Å². The minimum Gasteiger partial charge on any atom is -0.435 e. The molecular weight excluding hydrogens is 276 g/mol. The number of carbonyl (C=O) groups excluding carboxylic acids is 2. The maximum atomic E-state index is 11.4. The first-order valence-electron chi connectivity index (χ1n) is 7.32. The summed E-state index contributed by atoms with van der Waals surface area (Å²) < 4.78 is 9.81. The number of aliphatic hydroxyl groups is 1. The van der Waals surface area contributed by atoms with Gasteiger partial charge in [0.25, 0.3) is 0 Å². The van der Waals surface area contributed by atoms with Gasteiger partial charge < -0.3 is 25.6 Å². The molecule has 7 nitrogen and oxygen atoms in total. The number of nitrogens with one attached hydrogen (secondary N) is 1. The molecule has 5 atom stereocenters. The third-order valence-electron chi connectivity index (χ3n) is 3.79. The molecule has 1 unspecified atom stereocenters. The summed E-state index contributed by atoms with van der Waals surface area (Å²) in [5, 5.41) is 13.2. The van der Waals surface area contributed by atoms with Gasteiger partial charge in [0.15, 0.2) is 0 Å². The highest BCUT2D eigenvalue weighted by atomic mass is 16.7. The van der Waals surface area contributed by atoms with E-state index in [0.29, 0.717) is 6.42 Å². The topological polar surface area (TPSA) is 111 Å². The fourth-order valence-corrected chi connectivity index (χ4v) is 2.88. The molecule has 1 aliphatic carbocycles. The van der Waals surface area contributed by atoms with E-state index in [0.717, 1.165) is 0 Å². The zero-order chi connectivity index (χ0) is 16.2. The largest absolute Gasteiger partial charge is 0.508 e. The van der Waals surface area contributed by atoms with E-state index < -0.39 is 18.4 Å². The maximum Gasteiger partial charge on any atom is 0.508 e. The standard InChI is InChI=1S/C14H26N2O5/c1-5-20-14(19)21-10-6-9(15)11(13(10)18)12(7(2)3)16-8(4)17/h7,9-13,18H,5-6,15H2,1-4H3,(H,16,17)/t9-,10-,11+,12?,13+/m1/s1. The molecule has 0 aromatic heterocycles. The quantitative estimate of drug-likeness (QED) is 0.634. The van der Waals surface area contributed by atoms with Crippen molar-refractivity contribution < 1.29 is 24.2 Å². The summed E-state index contributed by atoms with van der Waals surface area (Å²) in [5.41, 5.74) is 6.08. The lowest BCUT2D eigenvalue weighted by Crippen LogP contribution is -2.51. The molecule has 1 rings (SSSR count). The summed E-state index contributed by atoms with van der Waals surface area (Å²) in [6.45, 7) is 7.19. The Morgan fingerprint density at radius 1 is 1.43 bits per heavy atom. The zero-order valence-electron chi connectivity index (χ0n) is 13.0. The average molecular weight is 302 g/mol. The van der Waals surface area contributed by atoms with Gasteiger partial charge in [0.05, 0.1) is 12.7 Å². The molecule has 4 N–H and O–H groups in total. The Balaban J connectivity index is 2.78.